The van der Waals surface area contributed by atoms with Crippen molar-refractivity contribution in [2.24, 2.45) is 0 Å². The van der Waals surface area contributed by atoms with Crippen LogP contribution in [0.15, 0.2) is 42.5 Å². The van der Waals surface area contributed by atoms with Crippen molar-refractivity contribution < 1.29 is 9.53 Å². The minimum Gasteiger partial charge on any atom is -0.484 e. The Morgan fingerprint density at radius 2 is 1.67 bits per heavy atom. The van der Waals surface area contributed by atoms with Crippen molar-refractivity contribution in [1.82, 2.24) is 10.2 Å². The molecule has 0 atom stereocenters. The topological polar surface area (TPSA) is 41.6 Å². The summed E-state index contributed by atoms with van der Waals surface area (Å²) in [4.78, 5) is 14.7. The van der Waals surface area contributed by atoms with Gasteiger partial charge in [0.1, 0.15) is 5.75 Å². The van der Waals surface area contributed by atoms with Gasteiger partial charge in [-0.2, -0.15) is 0 Å². The molecule has 27 heavy (non-hydrogen) atoms. The third kappa shape index (κ3) is 6.10. The molecule has 2 aromatic rings. The highest BCUT2D eigenvalue weighted by molar-refractivity contribution is 5.77. The van der Waals surface area contributed by atoms with Crippen LogP contribution in [0, 0.1) is 13.8 Å². The van der Waals surface area contributed by atoms with Crippen molar-refractivity contribution in [1.29, 1.82) is 0 Å². The van der Waals surface area contributed by atoms with Gasteiger partial charge in [-0.1, -0.05) is 36.8 Å². The largest absolute Gasteiger partial charge is 0.484 e. The van der Waals surface area contributed by atoms with Crippen molar-refractivity contribution in [3.05, 3.63) is 64.7 Å². The fourth-order valence-electron chi connectivity index (χ4n) is 3.65. The van der Waals surface area contributed by atoms with E-state index in [9.17, 15) is 4.79 Å². The van der Waals surface area contributed by atoms with Crippen LogP contribution < -0.4 is 10.1 Å². The van der Waals surface area contributed by atoms with Crippen molar-refractivity contribution in [2.45, 2.75) is 46.2 Å². The highest BCUT2D eigenvalue weighted by atomic mass is 16.5. The van der Waals surface area contributed by atoms with Crippen LogP contribution in [0.2, 0.25) is 0 Å². The first-order chi connectivity index (χ1) is 13.1. The Morgan fingerprint density at radius 1 is 1.00 bits per heavy atom. The Balaban J connectivity index is 1.51. The number of aryl methyl sites for hydroxylation is 2. The quantitative estimate of drug-likeness (QED) is 0.806. The van der Waals surface area contributed by atoms with E-state index in [0.717, 1.165) is 23.4 Å². The maximum atomic E-state index is 12.2. The first kappa shape index (κ1) is 19.4. The van der Waals surface area contributed by atoms with Crippen molar-refractivity contribution in [2.75, 3.05) is 19.7 Å². The molecule has 0 aliphatic carbocycles. The van der Waals surface area contributed by atoms with E-state index in [1.165, 1.54) is 43.5 Å². The predicted octanol–water partition coefficient (Wildman–Crippen LogP) is 3.98. The number of rotatable bonds is 7. The number of benzene rings is 2. The fraction of sp³-hybridized carbons (Fsp3) is 0.435. The molecule has 1 aliphatic heterocycles. The van der Waals surface area contributed by atoms with Gasteiger partial charge < -0.3 is 10.1 Å². The van der Waals surface area contributed by atoms with Crippen molar-refractivity contribution in [3.63, 3.8) is 0 Å². The summed E-state index contributed by atoms with van der Waals surface area (Å²) in [7, 11) is 0. The van der Waals surface area contributed by atoms with Gasteiger partial charge in [-0.15, -0.1) is 0 Å². The van der Waals surface area contributed by atoms with Gasteiger partial charge in [0.2, 0.25) is 0 Å². The number of likely N-dealkylation sites (tertiary alicyclic amines) is 1. The molecule has 1 amide bonds. The second kappa shape index (κ2) is 9.56. The molecule has 144 valence electrons. The van der Waals surface area contributed by atoms with Crippen LogP contribution in [0.25, 0.3) is 0 Å². The maximum absolute atomic E-state index is 12.2. The van der Waals surface area contributed by atoms with Gasteiger partial charge in [0.05, 0.1) is 0 Å². The maximum Gasteiger partial charge on any atom is 0.258 e. The van der Waals surface area contributed by atoms with Gasteiger partial charge in [-0.3, -0.25) is 9.69 Å². The summed E-state index contributed by atoms with van der Waals surface area (Å²) in [5.74, 6) is 0.648. The summed E-state index contributed by atoms with van der Waals surface area (Å²) < 4.78 is 5.65. The zero-order valence-electron chi connectivity index (χ0n) is 16.5. The third-order valence-corrected chi connectivity index (χ3v) is 5.00. The molecule has 0 bridgehead atoms. The number of amides is 1. The van der Waals surface area contributed by atoms with Gasteiger partial charge in [0.15, 0.2) is 6.61 Å². The predicted molar refractivity (Wildman–Crippen MR) is 109 cm³/mol. The Kier molecular flexibility index (Phi) is 6.88. The summed E-state index contributed by atoms with van der Waals surface area (Å²) in [5.41, 5.74) is 4.76. The number of nitrogens with zero attached hydrogens (tertiary/aromatic N) is 1. The summed E-state index contributed by atoms with van der Waals surface area (Å²) in [5, 5.41) is 2.99. The molecule has 0 spiro atoms. The molecule has 3 rings (SSSR count). The molecule has 1 N–H and O–H groups in total. The van der Waals surface area contributed by atoms with Gasteiger partial charge in [-0.25, -0.2) is 0 Å². The van der Waals surface area contributed by atoms with Crippen molar-refractivity contribution in [3.8, 4) is 5.75 Å². The van der Waals surface area contributed by atoms with E-state index in [-0.39, 0.29) is 12.5 Å². The molecule has 0 unspecified atom stereocenters. The Hall–Kier alpha value is -2.33. The van der Waals surface area contributed by atoms with Crippen LogP contribution in [-0.4, -0.2) is 30.5 Å². The normalized spacial score (nSPS) is 14.7. The molecule has 1 heterocycles. The lowest BCUT2D eigenvalue weighted by Gasteiger charge is -2.27. The number of hydrogen-bond acceptors (Lipinski definition) is 3. The van der Waals surface area contributed by atoms with Crippen LogP contribution >= 0.6 is 0 Å². The molecule has 4 heteroatoms. The van der Waals surface area contributed by atoms with E-state index in [1.807, 2.05) is 32.0 Å². The van der Waals surface area contributed by atoms with Crippen LogP contribution in [0.4, 0.5) is 0 Å². The van der Waals surface area contributed by atoms with Gasteiger partial charge in [0, 0.05) is 13.1 Å². The number of nitrogens with one attached hydrogen (secondary N) is 1. The number of ether oxygens (including phenoxy) is 1. The van der Waals surface area contributed by atoms with Crippen LogP contribution in [0.5, 0.6) is 5.75 Å². The zero-order valence-corrected chi connectivity index (χ0v) is 16.5. The summed E-state index contributed by atoms with van der Waals surface area (Å²) in [6.45, 7) is 7.94. The van der Waals surface area contributed by atoms with E-state index in [4.69, 9.17) is 4.74 Å². The molecule has 0 saturated carbocycles. The zero-order chi connectivity index (χ0) is 19.1. The van der Waals surface area contributed by atoms with Crippen molar-refractivity contribution >= 4 is 5.91 Å². The molecular weight excluding hydrogens is 336 g/mol. The number of carbonyl (C=O) groups excluding carboxylic acids is 1. The first-order valence-corrected chi connectivity index (χ1v) is 9.87. The Labute approximate surface area is 162 Å². The van der Waals surface area contributed by atoms with Crippen LogP contribution in [0.3, 0.4) is 0 Å². The highest BCUT2D eigenvalue weighted by Crippen LogP contribution is 2.17. The summed E-state index contributed by atoms with van der Waals surface area (Å²) >= 11 is 0. The van der Waals surface area contributed by atoms with Crippen LogP contribution in [-0.2, 0) is 17.9 Å². The smallest absolute Gasteiger partial charge is 0.258 e. The molecule has 1 fully saturated rings. The average Bonchev–Trinajstić information content (AvgIpc) is 2.66. The molecule has 2 aromatic carbocycles. The number of carbonyl (C=O) groups is 1. The second-order valence-corrected chi connectivity index (χ2v) is 7.49. The first-order valence-electron chi connectivity index (χ1n) is 9.87. The van der Waals surface area contributed by atoms with E-state index in [2.05, 4.69) is 34.5 Å². The van der Waals surface area contributed by atoms with E-state index in [0.29, 0.717) is 6.54 Å². The summed E-state index contributed by atoms with van der Waals surface area (Å²) in [6.07, 6.45) is 3.91. The lowest BCUT2D eigenvalue weighted by molar-refractivity contribution is -0.123. The Bertz CT molecular complexity index is 746. The minimum absolute atomic E-state index is 0.0389. The standard InChI is InChI=1S/C23H30N2O2/c1-18-12-19(2)14-22(13-18)27-17-23(26)24-15-20-8-4-5-9-21(20)16-25-10-6-3-7-11-25/h4-5,8-9,12-14H,3,6-7,10-11,15-17H2,1-2H3,(H,24,26). The highest BCUT2D eigenvalue weighted by Gasteiger charge is 2.13. The lowest BCUT2D eigenvalue weighted by Crippen LogP contribution is -2.31. The molecule has 0 aromatic heterocycles. The van der Waals surface area contributed by atoms with Gasteiger partial charge in [0.25, 0.3) is 5.91 Å². The molecule has 1 aliphatic rings. The summed E-state index contributed by atoms with van der Waals surface area (Å²) in [6, 6.07) is 14.4. The van der Waals surface area contributed by atoms with E-state index >= 15 is 0 Å². The van der Waals surface area contributed by atoms with Gasteiger partial charge in [-0.05, 0) is 74.2 Å². The minimum atomic E-state index is -0.0954. The number of piperidine rings is 1. The second-order valence-electron chi connectivity index (χ2n) is 7.49. The van der Waals surface area contributed by atoms with E-state index in [1.54, 1.807) is 0 Å². The van der Waals surface area contributed by atoms with Crippen LogP contribution in [0.1, 0.15) is 41.5 Å². The molecule has 0 radical (unpaired) electrons. The number of hydrogen-bond donors (Lipinski definition) is 1. The van der Waals surface area contributed by atoms with E-state index < -0.39 is 0 Å². The molecule has 1 saturated heterocycles. The SMILES string of the molecule is Cc1cc(C)cc(OCC(=O)NCc2ccccc2CN2CCCCC2)c1. The fourth-order valence-corrected chi connectivity index (χ4v) is 3.65. The Morgan fingerprint density at radius 3 is 2.37 bits per heavy atom. The monoisotopic (exact) mass is 366 g/mol. The lowest BCUT2D eigenvalue weighted by atomic mass is 10.0. The molecular formula is C23H30N2O2. The molecule has 4 nitrogen and oxygen atoms in total. The van der Waals surface area contributed by atoms with Gasteiger partial charge >= 0.3 is 0 Å². The average molecular weight is 367 g/mol. The third-order valence-electron chi connectivity index (χ3n) is 5.00.